The van der Waals surface area contributed by atoms with Gasteiger partial charge in [0.1, 0.15) is 16.4 Å². The predicted molar refractivity (Wildman–Crippen MR) is 72.1 cm³/mol. The smallest absolute Gasteiger partial charge is 0.250 e. The van der Waals surface area contributed by atoms with E-state index in [0.717, 1.165) is 4.88 Å². The normalized spacial score (nSPS) is 11.9. The van der Waals surface area contributed by atoms with Crippen LogP contribution in [0, 0.1) is 0 Å². The first-order valence-corrected chi connectivity index (χ1v) is 7.89. The van der Waals surface area contributed by atoms with Crippen molar-refractivity contribution in [1.29, 1.82) is 0 Å². The molecule has 0 bridgehead atoms. The fourth-order valence-corrected chi connectivity index (χ4v) is 3.86. The fraction of sp³-hybridized carbons (Fsp3) is 0.400. The highest BCUT2D eigenvalue weighted by Gasteiger charge is 2.17. The van der Waals surface area contributed by atoms with Crippen molar-refractivity contribution in [3.63, 3.8) is 0 Å². The lowest BCUT2D eigenvalue weighted by atomic mass is 10.5. The summed E-state index contributed by atoms with van der Waals surface area (Å²) in [7, 11) is 0.0924. The van der Waals surface area contributed by atoms with Crippen LogP contribution in [0.5, 0.6) is 0 Å². The SMILES string of the molecule is CNCc1ccc(S(=O)(=O)NCc2nncn2C)s1. The van der Waals surface area contributed by atoms with Crippen LogP contribution in [0.1, 0.15) is 10.7 Å². The van der Waals surface area contributed by atoms with Crippen molar-refractivity contribution >= 4 is 21.4 Å². The summed E-state index contributed by atoms with van der Waals surface area (Å²) in [5.74, 6) is 0.565. The minimum absolute atomic E-state index is 0.123. The standard InChI is InChI=1S/C10H15N5O2S2/c1-11-5-8-3-4-10(18-8)19(16,17)13-6-9-14-12-7-15(9)2/h3-4,7,11,13H,5-6H2,1-2H3. The third kappa shape index (κ3) is 3.38. The van der Waals surface area contributed by atoms with Crippen LogP contribution in [0.25, 0.3) is 0 Å². The Labute approximate surface area is 115 Å². The molecule has 9 heteroatoms. The summed E-state index contributed by atoms with van der Waals surface area (Å²) >= 11 is 1.25. The van der Waals surface area contributed by atoms with Gasteiger partial charge >= 0.3 is 0 Å². The molecule has 0 aliphatic carbocycles. The summed E-state index contributed by atoms with van der Waals surface area (Å²) in [6.45, 7) is 0.779. The highest BCUT2D eigenvalue weighted by atomic mass is 32.2. The Balaban J connectivity index is 2.07. The van der Waals surface area contributed by atoms with E-state index in [1.807, 2.05) is 7.05 Å². The molecular weight excluding hydrogens is 286 g/mol. The third-order valence-corrected chi connectivity index (χ3v) is 5.46. The number of aromatic nitrogens is 3. The van der Waals surface area contributed by atoms with E-state index in [0.29, 0.717) is 16.6 Å². The number of thiophene rings is 1. The summed E-state index contributed by atoms with van der Waals surface area (Å²) in [6.07, 6.45) is 1.53. The lowest BCUT2D eigenvalue weighted by Gasteiger charge is -2.03. The maximum Gasteiger partial charge on any atom is 0.250 e. The van der Waals surface area contributed by atoms with Gasteiger partial charge in [-0.1, -0.05) is 0 Å². The molecule has 7 nitrogen and oxygen atoms in total. The van der Waals surface area contributed by atoms with Crippen LogP contribution in [0.4, 0.5) is 0 Å². The van der Waals surface area contributed by atoms with Crippen LogP contribution < -0.4 is 10.0 Å². The van der Waals surface area contributed by atoms with Crippen molar-refractivity contribution in [1.82, 2.24) is 24.8 Å². The number of hydrogen-bond acceptors (Lipinski definition) is 6. The minimum atomic E-state index is -3.49. The van der Waals surface area contributed by atoms with Gasteiger partial charge in [0.15, 0.2) is 0 Å². The van der Waals surface area contributed by atoms with E-state index >= 15 is 0 Å². The Bertz CT molecular complexity index is 646. The zero-order valence-corrected chi connectivity index (χ0v) is 12.3. The van der Waals surface area contributed by atoms with Gasteiger partial charge in [0.05, 0.1) is 6.54 Å². The summed E-state index contributed by atoms with van der Waals surface area (Å²) < 4.78 is 28.6. The molecule has 0 aliphatic heterocycles. The van der Waals surface area contributed by atoms with Crippen LogP contribution in [0.15, 0.2) is 22.7 Å². The van der Waals surface area contributed by atoms with Gasteiger partial charge in [-0.05, 0) is 19.2 Å². The van der Waals surface area contributed by atoms with Gasteiger partial charge in [-0.2, -0.15) is 0 Å². The number of hydrogen-bond donors (Lipinski definition) is 2. The zero-order valence-electron chi connectivity index (χ0n) is 10.6. The Kier molecular flexibility index (Phi) is 4.30. The first kappa shape index (κ1) is 14.1. The van der Waals surface area contributed by atoms with Gasteiger partial charge in [0, 0.05) is 18.5 Å². The molecule has 0 atom stereocenters. The van der Waals surface area contributed by atoms with Gasteiger partial charge in [-0.25, -0.2) is 13.1 Å². The number of sulfonamides is 1. The van der Waals surface area contributed by atoms with Crippen molar-refractivity contribution in [3.8, 4) is 0 Å². The molecule has 0 unspecified atom stereocenters. The molecule has 19 heavy (non-hydrogen) atoms. The second-order valence-corrected chi connectivity index (χ2v) is 7.10. The molecule has 2 N–H and O–H groups in total. The monoisotopic (exact) mass is 301 g/mol. The Morgan fingerprint density at radius 3 is 2.79 bits per heavy atom. The molecule has 0 saturated carbocycles. The van der Waals surface area contributed by atoms with Crippen LogP contribution in [-0.2, 0) is 30.2 Å². The van der Waals surface area contributed by atoms with Gasteiger partial charge in [-0.3, -0.25) is 0 Å². The van der Waals surface area contributed by atoms with E-state index in [4.69, 9.17) is 0 Å². The number of nitrogens with zero attached hydrogens (tertiary/aromatic N) is 3. The summed E-state index contributed by atoms with van der Waals surface area (Å²) in [5.41, 5.74) is 0. The van der Waals surface area contributed by atoms with Crippen molar-refractivity contribution < 1.29 is 8.42 Å². The van der Waals surface area contributed by atoms with E-state index < -0.39 is 10.0 Å². The van der Waals surface area contributed by atoms with Gasteiger partial charge in [0.2, 0.25) is 10.0 Å². The average molecular weight is 301 g/mol. The molecule has 2 aromatic heterocycles. The number of nitrogens with one attached hydrogen (secondary N) is 2. The fourth-order valence-electron chi connectivity index (χ4n) is 1.47. The Morgan fingerprint density at radius 2 is 2.16 bits per heavy atom. The topological polar surface area (TPSA) is 88.9 Å². The molecule has 0 spiro atoms. The van der Waals surface area contributed by atoms with Crippen LogP contribution in [0.3, 0.4) is 0 Å². The first-order valence-electron chi connectivity index (χ1n) is 5.59. The van der Waals surface area contributed by atoms with Crippen molar-refractivity contribution in [2.75, 3.05) is 7.05 Å². The maximum atomic E-state index is 12.1. The van der Waals surface area contributed by atoms with Crippen molar-refractivity contribution in [3.05, 3.63) is 29.2 Å². The maximum absolute atomic E-state index is 12.1. The highest BCUT2D eigenvalue weighted by Crippen LogP contribution is 2.21. The lowest BCUT2D eigenvalue weighted by Crippen LogP contribution is -2.24. The molecule has 0 radical (unpaired) electrons. The second-order valence-electron chi connectivity index (χ2n) is 3.93. The molecule has 0 fully saturated rings. The molecule has 104 valence electrons. The largest absolute Gasteiger partial charge is 0.320 e. The van der Waals surface area contributed by atoms with Gasteiger partial charge in [-0.15, -0.1) is 21.5 Å². The second kappa shape index (κ2) is 5.78. The van der Waals surface area contributed by atoms with E-state index in [1.54, 1.807) is 23.7 Å². The highest BCUT2D eigenvalue weighted by molar-refractivity contribution is 7.91. The molecule has 2 aromatic rings. The Morgan fingerprint density at radius 1 is 1.37 bits per heavy atom. The Hall–Kier alpha value is -1.29. The molecule has 2 rings (SSSR count). The van der Waals surface area contributed by atoms with E-state index in [1.165, 1.54) is 17.7 Å². The third-order valence-electron chi connectivity index (χ3n) is 2.48. The van der Waals surface area contributed by atoms with Gasteiger partial charge in [0.25, 0.3) is 0 Å². The van der Waals surface area contributed by atoms with Crippen LogP contribution >= 0.6 is 11.3 Å². The minimum Gasteiger partial charge on any atom is -0.320 e. The molecule has 0 aliphatic rings. The number of aryl methyl sites for hydroxylation is 1. The molecule has 0 saturated heterocycles. The summed E-state index contributed by atoms with van der Waals surface area (Å²) in [5, 5.41) is 10.5. The molecule has 2 heterocycles. The van der Waals surface area contributed by atoms with Crippen molar-refractivity contribution in [2.24, 2.45) is 7.05 Å². The zero-order chi connectivity index (χ0) is 13.9. The quantitative estimate of drug-likeness (QED) is 0.788. The van der Waals surface area contributed by atoms with Crippen LogP contribution in [-0.4, -0.2) is 30.2 Å². The summed E-state index contributed by atoms with van der Waals surface area (Å²) in [4.78, 5) is 0.974. The summed E-state index contributed by atoms with van der Waals surface area (Å²) in [6, 6.07) is 3.41. The van der Waals surface area contributed by atoms with Gasteiger partial charge < -0.3 is 9.88 Å². The van der Waals surface area contributed by atoms with Crippen LogP contribution in [0.2, 0.25) is 0 Å². The molecule has 0 aromatic carbocycles. The first-order chi connectivity index (χ1) is 9.03. The number of rotatable bonds is 6. The average Bonchev–Trinajstić information content (AvgIpc) is 2.97. The van der Waals surface area contributed by atoms with E-state index in [9.17, 15) is 8.42 Å². The predicted octanol–water partition coefficient (Wildman–Crippen LogP) is 0.0745. The van der Waals surface area contributed by atoms with E-state index in [2.05, 4.69) is 20.2 Å². The van der Waals surface area contributed by atoms with Crippen molar-refractivity contribution in [2.45, 2.75) is 17.3 Å². The lowest BCUT2D eigenvalue weighted by molar-refractivity contribution is 0.579. The van der Waals surface area contributed by atoms with E-state index in [-0.39, 0.29) is 6.54 Å². The molecular formula is C10H15N5O2S2. The molecule has 0 amide bonds.